The van der Waals surface area contributed by atoms with Gasteiger partial charge in [-0.3, -0.25) is 4.79 Å². The van der Waals surface area contributed by atoms with Gasteiger partial charge in [0.05, 0.1) is 41.9 Å². The second-order valence-corrected chi connectivity index (χ2v) is 7.03. The monoisotopic (exact) mass is 403 g/mol. The highest BCUT2D eigenvalue weighted by molar-refractivity contribution is 6.08. The maximum atomic E-state index is 13.3. The largest absolute Gasteiger partial charge is 0.497 e. The topological polar surface area (TPSA) is 74.8 Å². The van der Waals surface area contributed by atoms with Crippen LogP contribution in [0.1, 0.15) is 40.1 Å². The van der Waals surface area contributed by atoms with Crippen molar-refractivity contribution in [3.8, 4) is 17.1 Å². The first-order valence-corrected chi connectivity index (χ1v) is 9.59. The number of fused-ring (bicyclic) bond motifs is 5. The number of carbonyl (C=O) groups is 1. The van der Waals surface area contributed by atoms with Crippen LogP contribution in [0.5, 0.6) is 5.75 Å². The highest BCUT2D eigenvalue weighted by Crippen LogP contribution is 2.32. The number of aryl methyl sites for hydroxylation is 1. The van der Waals surface area contributed by atoms with Crippen molar-refractivity contribution in [1.29, 1.82) is 0 Å². The van der Waals surface area contributed by atoms with E-state index in [0.29, 0.717) is 23.4 Å². The predicted molar refractivity (Wildman–Crippen MR) is 107 cm³/mol. The molecule has 0 bridgehead atoms. The lowest BCUT2D eigenvalue weighted by Gasteiger charge is -2.11. The Morgan fingerprint density at radius 1 is 1.13 bits per heavy atom. The first-order valence-electron chi connectivity index (χ1n) is 9.59. The molecule has 7 nitrogen and oxygen atoms in total. The molecular weight excluding hydrogens is 385 g/mol. The molecule has 0 radical (unpaired) electrons. The van der Waals surface area contributed by atoms with E-state index in [4.69, 9.17) is 4.74 Å². The summed E-state index contributed by atoms with van der Waals surface area (Å²) in [5.41, 5.74) is 4.82. The van der Waals surface area contributed by atoms with Gasteiger partial charge in [-0.25, -0.2) is 14.1 Å². The molecule has 0 saturated heterocycles. The number of imidazole rings is 1. The van der Waals surface area contributed by atoms with E-state index >= 15 is 0 Å². The van der Waals surface area contributed by atoms with Crippen LogP contribution < -0.4 is 4.74 Å². The lowest BCUT2D eigenvalue weighted by Crippen LogP contribution is -2.09. The Kier molecular flexibility index (Phi) is 4.20. The van der Waals surface area contributed by atoms with Crippen LogP contribution in [0.3, 0.4) is 0 Å². The van der Waals surface area contributed by atoms with Gasteiger partial charge in [0.1, 0.15) is 11.6 Å². The van der Waals surface area contributed by atoms with Gasteiger partial charge in [0.25, 0.3) is 0 Å². The molecule has 8 heteroatoms. The maximum Gasteiger partial charge on any atom is 0.215 e. The first-order chi connectivity index (χ1) is 14.6. The molecule has 30 heavy (non-hydrogen) atoms. The zero-order chi connectivity index (χ0) is 20.8. The Labute approximate surface area is 171 Å². The number of ketones is 1. The van der Waals surface area contributed by atoms with E-state index in [1.807, 2.05) is 29.7 Å². The van der Waals surface area contributed by atoms with E-state index in [2.05, 4.69) is 15.3 Å². The summed E-state index contributed by atoms with van der Waals surface area (Å²) in [6, 6.07) is 11.1. The molecule has 3 heterocycles. The highest BCUT2D eigenvalue weighted by Gasteiger charge is 2.29. The van der Waals surface area contributed by atoms with E-state index in [-0.39, 0.29) is 11.5 Å². The fourth-order valence-electron chi connectivity index (χ4n) is 3.83. The number of rotatable bonds is 4. The minimum atomic E-state index is -0.397. The molecule has 5 rings (SSSR count). The molecule has 0 N–H and O–H groups in total. The van der Waals surface area contributed by atoms with Crippen molar-refractivity contribution in [3.05, 3.63) is 82.9 Å². The quantitative estimate of drug-likeness (QED) is 0.431. The Balaban J connectivity index is 1.73. The van der Waals surface area contributed by atoms with Crippen molar-refractivity contribution in [1.82, 2.24) is 24.5 Å². The normalized spacial score (nSPS) is 12.0. The van der Waals surface area contributed by atoms with E-state index in [1.54, 1.807) is 18.1 Å². The fraction of sp³-hybridized carbons (Fsp3) is 0.182. The average molecular weight is 403 g/mol. The molecular formula is C22H18FN5O2. The molecule has 0 fully saturated rings. The average Bonchev–Trinajstić information content (AvgIpc) is 3.35. The van der Waals surface area contributed by atoms with E-state index in [1.165, 1.54) is 24.3 Å². The van der Waals surface area contributed by atoms with Crippen LogP contribution in [-0.2, 0) is 12.8 Å². The van der Waals surface area contributed by atoms with Gasteiger partial charge in [-0.1, -0.05) is 12.1 Å². The van der Waals surface area contributed by atoms with Crippen molar-refractivity contribution in [2.45, 2.75) is 19.8 Å². The lowest BCUT2D eigenvalue weighted by atomic mass is 10.0. The van der Waals surface area contributed by atoms with Crippen LogP contribution in [0, 0.1) is 5.82 Å². The third-order valence-electron chi connectivity index (χ3n) is 5.38. The SMILES string of the molecule is CCc1ncn2c1Cc1c(C(=O)c3ccc(F)cc3)nnn1-c1cc(OC)ccc1-2. The predicted octanol–water partition coefficient (Wildman–Crippen LogP) is 3.30. The number of ether oxygens (including phenoxy) is 1. The fourth-order valence-corrected chi connectivity index (χ4v) is 3.83. The Bertz CT molecular complexity index is 1270. The molecule has 0 spiro atoms. The van der Waals surface area contributed by atoms with Crippen LogP contribution in [0.25, 0.3) is 11.4 Å². The molecule has 0 atom stereocenters. The zero-order valence-corrected chi connectivity index (χ0v) is 16.5. The Morgan fingerprint density at radius 3 is 2.67 bits per heavy atom. The molecule has 0 unspecified atom stereocenters. The number of hydrogen-bond acceptors (Lipinski definition) is 5. The maximum absolute atomic E-state index is 13.3. The second kappa shape index (κ2) is 6.91. The third kappa shape index (κ3) is 2.72. The molecule has 0 aliphatic carbocycles. The van der Waals surface area contributed by atoms with Gasteiger partial charge in [-0.05, 0) is 42.8 Å². The van der Waals surface area contributed by atoms with Gasteiger partial charge in [0.2, 0.25) is 5.78 Å². The summed E-state index contributed by atoms with van der Waals surface area (Å²) in [7, 11) is 1.60. The van der Waals surface area contributed by atoms with Gasteiger partial charge in [-0.15, -0.1) is 5.10 Å². The number of benzene rings is 2. The summed E-state index contributed by atoms with van der Waals surface area (Å²) in [5, 5.41) is 8.50. The highest BCUT2D eigenvalue weighted by atomic mass is 19.1. The molecule has 0 amide bonds. The van der Waals surface area contributed by atoms with E-state index < -0.39 is 5.82 Å². The Morgan fingerprint density at radius 2 is 1.93 bits per heavy atom. The van der Waals surface area contributed by atoms with Crippen molar-refractivity contribution in [3.63, 3.8) is 0 Å². The summed E-state index contributed by atoms with van der Waals surface area (Å²) in [6.07, 6.45) is 2.99. The smallest absolute Gasteiger partial charge is 0.215 e. The summed E-state index contributed by atoms with van der Waals surface area (Å²) in [6.45, 7) is 2.04. The van der Waals surface area contributed by atoms with Gasteiger partial charge < -0.3 is 9.30 Å². The molecule has 0 saturated carbocycles. The van der Waals surface area contributed by atoms with Gasteiger partial charge in [0.15, 0.2) is 5.69 Å². The standard InChI is InChI=1S/C22H18FN5O2/c1-3-16-18-11-20-21(22(29)13-4-6-14(23)7-5-13)25-26-28(20)19-10-15(30-2)8-9-17(19)27(18)12-24-16/h4-10,12H,3,11H2,1-2H3. The van der Waals surface area contributed by atoms with Gasteiger partial charge in [0, 0.05) is 18.1 Å². The molecule has 2 aromatic carbocycles. The summed E-state index contributed by atoms with van der Waals surface area (Å²) >= 11 is 0. The number of aromatic nitrogens is 5. The van der Waals surface area contributed by atoms with E-state index in [9.17, 15) is 9.18 Å². The van der Waals surface area contributed by atoms with Crippen LogP contribution in [0.2, 0.25) is 0 Å². The molecule has 1 aliphatic heterocycles. The van der Waals surface area contributed by atoms with Crippen molar-refractivity contribution < 1.29 is 13.9 Å². The van der Waals surface area contributed by atoms with Gasteiger partial charge in [-0.2, -0.15) is 0 Å². The number of hydrogen-bond donors (Lipinski definition) is 0. The van der Waals surface area contributed by atoms with Gasteiger partial charge >= 0.3 is 0 Å². The van der Waals surface area contributed by atoms with Crippen LogP contribution in [-0.4, -0.2) is 37.4 Å². The van der Waals surface area contributed by atoms with Crippen LogP contribution in [0.15, 0.2) is 48.8 Å². The van der Waals surface area contributed by atoms with Crippen LogP contribution >= 0.6 is 0 Å². The van der Waals surface area contributed by atoms with Crippen molar-refractivity contribution >= 4 is 5.78 Å². The number of halogens is 1. The van der Waals surface area contributed by atoms with E-state index in [0.717, 1.165) is 29.2 Å². The third-order valence-corrected chi connectivity index (χ3v) is 5.38. The lowest BCUT2D eigenvalue weighted by molar-refractivity contribution is 0.103. The summed E-state index contributed by atoms with van der Waals surface area (Å²) in [5.74, 6) is -0.0292. The summed E-state index contributed by atoms with van der Waals surface area (Å²) < 4.78 is 22.4. The minimum Gasteiger partial charge on any atom is -0.497 e. The van der Waals surface area contributed by atoms with Crippen molar-refractivity contribution in [2.75, 3.05) is 7.11 Å². The van der Waals surface area contributed by atoms with Crippen LogP contribution in [0.4, 0.5) is 4.39 Å². The first kappa shape index (κ1) is 18.2. The number of carbonyl (C=O) groups excluding carboxylic acids is 1. The molecule has 2 aromatic heterocycles. The Hall–Kier alpha value is -3.81. The molecule has 150 valence electrons. The molecule has 4 aromatic rings. The second-order valence-electron chi connectivity index (χ2n) is 7.03. The minimum absolute atomic E-state index is 0.243. The van der Waals surface area contributed by atoms with Crippen molar-refractivity contribution in [2.24, 2.45) is 0 Å². The zero-order valence-electron chi connectivity index (χ0n) is 16.5. The summed E-state index contributed by atoms with van der Waals surface area (Å²) in [4.78, 5) is 17.7. The molecule has 1 aliphatic rings. The number of nitrogens with zero attached hydrogens (tertiary/aromatic N) is 5. The number of methoxy groups -OCH3 is 1.